The van der Waals surface area contributed by atoms with Crippen molar-refractivity contribution in [2.75, 3.05) is 13.1 Å². The van der Waals surface area contributed by atoms with Gasteiger partial charge in [0.05, 0.1) is 22.7 Å². The summed E-state index contributed by atoms with van der Waals surface area (Å²) in [6, 6.07) is 15.8. The van der Waals surface area contributed by atoms with Crippen LogP contribution in [0.2, 0.25) is 5.15 Å². The first-order valence-electron chi connectivity index (χ1n) is 12.2. The van der Waals surface area contributed by atoms with E-state index in [0.717, 1.165) is 28.8 Å². The number of carbonyl (C=O) groups is 1. The number of aromatic nitrogens is 2. The number of hydrogen-bond acceptors (Lipinski definition) is 4. The van der Waals surface area contributed by atoms with Crippen LogP contribution in [-0.4, -0.2) is 33.6 Å². The highest BCUT2D eigenvalue weighted by molar-refractivity contribution is 6.29. The Balaban J connectivity index is 1.41. The Kier molecular flexibility index (Phi) is 7.42. The van der Waals surface area contributed by atoms with Gasteiger partial charge >= 0.3 is 12.2 Å². The van der Waals surface area contributed by atoms with Crippen LogP contribution in [0.15, 0.2) is 66.9 Å². The molecule has 1 aliphatic rings. The third kappa shape index (κ3) is 5.82. The quantitative estimate of drug-likeness (QED) is 0.292. The van der Waals surface area contributed by atoms with E-state index in [9.17, 15) is 18.0 Å². The summed E-state index contributed by atoms with van der Waals surface area (Å²) >= 11 is 5.94. The molecule has 0 saturated heterocycles. The molecule has 2 aromatic carbocycles. The first-order chi connectivity index (χ1) is 18.7. The SMILES string of the molecule is N#Cc1ccc(C=CCN2CCc3c(c4cc(C(F)(F)F)ccc4n3C(=O)NCc3ccnc(Cl)c3)C2)cc1. The molecule has 0 aliphatic carbocycles. The van der Waals surface area contributed by atoms with Crippen molar-refractivity contribution in [1.82, 2.24) is 19.8 Å². The summed E-state index contributed by atoms with van der Waals surface area (Å²) in [6.07, 6.45) is 1.48. The Bertz CT molecular complexity index is 1600. The fourth-order valence-corrected chi connectivity index (χ4v) is 4.99. The number of amides is 1. The van der Waals surface area contributed by atoms with Crippen LogP contribution in [0.1, 0.15) is 33.5 Å². The Morgan fingerprint density at radius 1 is 1.15 bits per heavy atom. The number of pyridine rings is 1. The van der Waals surface area contributed by atoms with E-state index in [1.165, 1.54) is 10.6 Å². The van der Waals surface area contributed by atoms with Crippen LogP contribution in [0, 0.1) is 11.3 Å². The molecule has 0 spiro atoms. The molecule has 198 valence electrons. The van der Waals surface area contributed by atoms with Gasteiger partial charge in [0.25, 0.3) is 0 Å². The van der Waals surface area contributed by atoms with Crippen LogP contribution in [0.3, 0.4) is 0 Å². The van der Waals surface area contributed by atoms with Gasteiger partial charge in [-0.25, -0.2) is 9.78 Å². The number of hydrogen-bond donors (Lipinski definition) is 1. The average molecular weight is 550 g/mol. The molecule has 3 heterocycles. The maximum absolute atomic E-state index is 13.6. The molecule has 0 fully saturated rings. The zero-order valence-electron chi connectivity index (χ0n) is 20.7. The van der Waals surface area contributed by atoms with Gasteiger partial charge in [0, 0.05) is 49.9 Å². The molecule has 6 nitrogen and oxygen atoms in total. The summed E-state index contributed by atoms with van der Waals surface area (Å²) in [6.45, 7) is 1.83. The standard InChI is InChI=1S/C29H23ClF3N5O/c30-27-14-21(9-11-35-27)17-36-28(39)38-25-8-7-22(29(31,32)33)15-23(25)24-18-37(13-10-26(24)38)12-1-2-19-3-5-20(16-34)6-4-19/h1-9,11,14-15H,10,12-13,17-18H2,(H,36,39). The third-order valence-corrected chi connectivity index (χ3v) is 6.91. The number of nitrogens with one attached hydrogen (secondary N) is 1. The van der Waals surface area contributed by atoms with Crippen LogP contribution < -0.4 is 5.32 Å². The normalized spacial score (nSPS) is 13.9. The largest absolute Gasteiger partial charge is 0.416 e. The van der Waals surface area contributed by atoms with Crippen molar-refractivity contribution in [2.45, 2.75) is 25.7 Å². The molecule has 4 aromatic rings. The molecule has 0 saturated carbocycles. The number of halogens is 4. The van der Waals surface area contributed by atoms with Crippen molar-refractivity contribution in [3.05, 3.63) is 106 Å². The summed E-state index contributed by atoms with van der Waals surface area (Å²) < 4.78 is 42.2. The molecule has 1 aliphatic heterocycles. The van der Waals surface area contributed by atoms with E-state index in [4.69, 9.17) is 16.9 Å². The van der Waals surface area contributed by atoms with Gasteiger partial charge in [-0.15, -0.1) is 0 Å². The second-order valence-corrected chi connectivity index (χ2v) is 9.64. The fourth-order valence-electron chi connectivity index (χ4n) is 4.79. The molecule has 5 rings (SSSR count). The third-order valence-electron chi connectivity index (χ3n) is 6.71. The van der Waals surface area contributed by atoms with Crippen molar-refractivity contribution in [3.8, 4) is 6.07 Å². The molecule has 1 N–H and O–H groups in total. The van der Waals surface area contributed by atoms with E-state index in [2.05, 4.69) is 21.3 Å². The highest BCUT2D eigenvalue weighted by Gasteiger charge is 2.33. The lowest BCUT2D eigenvalue weighted by molar-refractivity contribution is -0.137. The fraction of sp³-hybridized carbons (Fsp3) is 0.207. The number of alkyl halides is 3. The molecular weight excluding hydrogens is 527 g/mol. The van der Waals surface area contributed by atoms with Crippen LogP contribution in [0.5, 0.6) is 0 Å². The predicted octanol–water partition coefficient (Wildman–Crippen LogP) is 6.41. The number of benzene rings is 2. The molecule has 0 unspecified atom stereocenters. The lowest BCUT2D eigenvalue weighted by Gasteiger charge is -2.27. The first-order valence-corrected chi connectivity index (χ1v) is 12.6. The van der Waals surface area contributed by atoms with Crippen LogP contribution in [-0.2, 0) is 25.7 Å². The van der Waals surface area contributed by atoms with Gasteiger partial charge in [-0.3, -0.25) is 9.47 Å². The molecule has 0 radical (unpaired) electrons. The van der Waals surface area contributed by atoms with Gasteiger partial charge in [0.1, 0.15) is 5.15 Å². The molecular formula is C29H23ClF3N5O. The Morgan fingerprint density at radius 2 is 1.95 bits per heavy atom. The lowest BCUT2D eigenvalue weighted by atomic mass is 10.0. The van der Waals surface area contributed by atoms with Gasteiger partial charge < -0.3 is 5.32 Å². The van der Waals surface area contributed by atoms with Crippen molar-refractivity contribution in [2.24, 2.45) is 0 Å². The number of carbonyl (C=O) groups excluding carboxylic acids is 1. The van der Waals surface area contributed by atoms with Gasteiger partial charge in [0.15, 0.2) is 0 Å². The highest BCUT2D eigenvalue weighted by Crippen LogP contribution is 2.36. The number of rotatable bonds is 5. The summed E-state index contributed by atoms with van der Waals surface area (Å²) in [5, 5.41) is 12.5. The van der Waals surface area contributed by atoms with Crippen molar-refractivity contribution >= 4 is 34.6 Å². The second-order valence-electron chi connectivity index (χ2n) is 9.26. The summed E-state index contributed by atoms with van der Waals surface area (Å²) in [7, 11) is 0. The lowest BCUT2D eigenvalue weighted by Crippen LogP contribution is -2.34. The topological polar surface area (TPSA) is 74.0 Å². The monoisotopic (exact) mass is 549 g/mol. The van der Waals surface area contributed by atoms with Gasteiger partial charge in [0.2, 0.25) is 0 Å². The average Bonchev–Trinajstić information content (AvgIpc) is 3.25. The van der Waals surface area contributed by atoms with E-state index in [1.54, 1.807) is 30.5 Å². The maximum Gasteiger partial charge on any atom is 0.416 e. The molecule has 10 heteroatoms. The van der Waals surface area contributed by atoms with E-state index < -0.39 is 17.8 Å². The van der Waals surface area contributed by atoms with Gasteiger partial charge in [-0.2, -0.15) is 18.4 Å². The molecule has 39 heavy (non-hydrogen) atoms. The minimum Gasteiger partial charge on any atom is -0.333 e. The maximum atomic E-state index is 13.6. The van der Waals surface area contributed by atoms with Gasteiger partial charge in [-0.1, -0.05) is 35.9 Å². The molecule has 0 atom stereocenters. The Morgan fingerprint density at radius 3 is 2.67 bits per heavy atom. The highest BCUT2D eigenvalue weighted by atomic mass is 35.5. The summed E-state index contributed by atoms with van der Waals surface area (Å²) in [4.78, 5) is 19.4. The summed E-state index contributed by atoms with van der Waals surface area (Å²) in [5.74, 6) is 0. The van der Waals surface area contributed by atoms with E-state index in [-0.39, 0.29) is 6.54 Å². The van der Waals surface area contributed by atoms with Crippen molar-refractivity contribution in [1.29, 1.82) is 5.26 Å². The zero-order valence-corrected chi connectivity index (χ0v) is 21.4. The van der Waals surface area contributed by atoms with Crippen LogP contribution in [0.4, 0.5) is 18.0 Å². The Hall–Kier alpha value is -4.13. The molecule has 1 amide bonds. The zero-order chi connectivity index (χ0) is 27.6. The Labute approximate surface area is 227 Å². The minimum absolute atomic E-state index is 0.197. The first kappa shape index (κ1) is 26.5. The van der Waals surface area contributed by atoms with Crippen molar-refractivity contribution in [3.63, 3.8) is 0 Å². The van der Waals surface area contributed by atoms with E-state index >= 15 is 0 Å². The molecule has 2 aromatic heterocycles. The van der Waals surface area contributed by atoms with E-state index in [1.807, 2.05) is 24.3 Å². The minimum atomic E-state index is -4.50. The second kappa shape index (κ2) is 10.9. The van der Waals surface area contributed by atoms with E-state index in [0.29, 0.717) is 53.4 Å². The number of fused-ring (bicyclic) bond motifs is 3. The van der Waals surface area contributed by atoms with Gasteiger partial charge in [-0.05, 0) is 59.2 Å². The summed E-state index contributed by atoms with van der Waals surface area (Å²) in [5.41, 5.74) is 3.41. The number of nitrogens with zero attached hydrogens (tertiary/aromatic N) is 4. The van der Waals surface area contributed by atoms with Crippen LogP contribution >= 0.6 is 11.6 Å². The van der Waals surface area contributed by atoms with Crippen LogP contribution in [0.25, 0.3) is 17.0 Å². The van der Waals surface area contributed by atoms with Crippen molar-refractivity contribution < 1.29 is 18.0 Å². The number of nitriles is 1. The smallest absolute Gasteiger partial charge is 0.333 e. The predicted molar refractivity (Wildman–Crippen MR) is 143 cm³/mol. The molecule has 0 bridgehead atoms.